The second-order valence-corrected chi connectivity index (χ2v) is 6.08. The van der Waals surface area contributed by atoms with E-state index in [4.69, 9.17) is 9.47 Å². The van der Waals surface area contributed by atoms with Gasteiger partial charge < -0.3 is 19.3 Å². The molecule has 0 aromatic heterocycles. The molecule has 2 heterocycles. The fraction of sp³-hybridized carbons (Fsp3) is 0.500. The zero-order chi connectivity index (χ0) is 15.2. The van der Waals surface area contributed by atoms with E-state index < -0.39 is 5.41 Å². The van der Waals surface area contributed by atoms with Gasteiger partial charge in [-0.3, -0.25) is 9.59 Å². The number of nitrogens with zero attached hydrogens (tertiary/aromatic N) is 2. The molecule has 1 aliphatic carbocycles. The maximum atomic E-state index is 12.9. The van der Waals surface area contributed by atoms with Crippen molar-refractivity contribution in [3.8, 4) is 11.5 Å². The highest BCUT2D eigenvalue weighted by molar-refractivity contribution is 5.91. The van der Waals surface area contributed by atoms with Gasteiger partial charge in [0.25, 0.3) is 0 Å². The van der Waals surface area contributed by atoms with E-state index >= 15 is 0 Å². The fourth-order valence-electron chi connectivity index (χ4n) is 3.28. The lowest BCUT2D eigenvalue weighted by atomic mass is 9.93. The lowest BCUT2D eigenvalue weighted by Crippen LogP contribution is -2.51. The Balaban J connectivity index is 1.54. The summed E-state index contributed by atoms with van der Waals surface area (Å²) < 4.78 is 10.8. The number of piperazine rings is 1. The van der Waals surface area contributed by atoms with E-state index in [1.165, 1.54) is 0 Å². The molecule has 1 aromatic carbocycles. The van der Waals surface area contributed by atoms with Gasteiger partial charge in [0.15, 0.2) is 11.5 Å². The second-order valence-electron chi connectivity index (χ2n) is 6.08. The Bertz CT molecular complexity index is 619. The number of hydrogen-bond donors (Lipinski definition) is 0. The first-order chi connectivity index (χ1) is 10.7. The van der Waals surface area contributed by atoms with Gasteiger partial charge in [0.1, 0.15) is 0 Å². The van der Waals surface area contributed by atoms with Crippen molar-refractivity contribution >= 4 is 12.3 Å². The molecule has 3 aliphatic rings. The number of hydrogen-bond acceptors (Lipinski definition) is 4. The number of carbonyl (C=O) groups excluding carboxylic acids is 2. The molecule has 0 atom stereocenters. The van der Waals surface area contributed by atoms with E-state index in [1.54, 1.807) is 4.90 Å². The predicted molar refractivity (Wildman–Crippen MR) is 77.7 cm³/mol. The van der Waals surface area contributed by atoms with Gasteiger partial charge in [-0.25, -0.2) is 0 Å². The van der Waals surface area contributed by atoms with Crippen molar-refractivity contribution in [2.75, 3.05) is 33.0 Å². The van der Waals surface area contributed by atoms with Crippen LogP contribution in [0.2, 0.25) is 0 Å². The predicted octanol–water partition coefficient (Wildman–Crippen LogP) is 0.747. The molecule has 2 fully saturated rings. The van der Waals surface area contributed by atoms with E-state index in [-0.39, 0.29) is 12.7 Å². The maximum Gasteiger partial charge on any atom is 0.233 e. The minimum Gasteiger partial charge on any atom is -0.454 e. The van der Waals surface area contributed by atoms with Crippen LogP contribution in [0.5, 0.6) is 11.5 Å². The summed E-state index contributed by atoms with van der Waals surface area (Å²) in [5.41, 5.74) is 0.615. The highest BCUT2D eigenvalue weighted by atomic mass is 16.7. The first kappa shape index (κ1) is 13.4. The zero-order valence-electron chi connectivity index (χ0n) is 12.3. The van der Waals surface area contributed by atoms with Gasteiger partial charge in [0.2, 0.25) is 19.1 Å². The van der Waals surface area contributed by atoms with Crippen LogP contribution < -0.4 is 9.47 Å². The molecule has 0 spiro atoms. The van der Waals surface area contributed by atoms with Crippen LogP contribution in [-0.4, -0.2) is 55.1 Å². The van der Waals surface area contributed by atoms with Crippen molar-refractivity contribution in [3.63, 3.8) is 0 Å². The van der Waals surface area contributed by atoms with Gasteiger partial charge in [0.05, 0.1) is 5.41 Å². The first-order valence-corrected chi connectivity index (χ1v) is 7.62. The summed E-state index contributed by atoms with van der Waals surface area (Å²) in [5, 5.41) is 0. The number of rotatable bonds is 3. The normalized spacial score (nSPS) is 21.6. The zero-order valence-corrected chi connectivity index (χ0v) is 12.3. The van der Waals surface area contributed by atoms with Gasteiger partial charge in [-0.15, -0.1) is 0 Å². The lowest BCUT2D eigenvalue weighted by molar-refractivity contribution is -0.137. The Labute approximate surface area is 128 Å². The third kappa shape index (κ3) is 2.01. The average Bonchev–Trinajstić information content (AvgIpc) is 3.25. The minimum absolute atomic E-state index is 0.178. The van der Waals surface area contributed by atoms with Crippen molar-refractivity contribution < 1.29 is 19.1 Å². The summed E-state index contributed by atoms with van der Waals surface area (Å²) >= 11 is 0. The van der Waals surface area contributed by atoms with Crippen LogP contribution in [0.4, 0.5) is 0 Å². The Hall–Kier alpha value is -2.24. The Morgan fingerprint density at radius 3 is 2.50 bits per heavy atom. The van der Waals surface area contributed by atoms with E-state index in [1.807, 2.05) is 23.1 Å². The maximum absolute atomic E-state index is 12.9. The largest absolute Gasteiger partial charge is 0.454 e. The molecular weight excluding hydrogens is 284 g/mol. The summed E-state index contributed by atoms with van der Waals surface area (Å²) in [6.45, 7) is 2.71. The average molecular weight is 302 g/mol. The molecule has 0 unspecified atom stereocenters. The van der Waals surface area contributed by atoms with Crippen molar-refractivity contribution in [2.24, 2.45) is 0 Å². The third-order valence-electron chi connectivity index (χ3n) is 4.84. The monoisotopic (exact) mass is 302 g/mol. The molecule has 6 heteroatoms. The van der Waals surface area contributed by atoms with Crippen molar-refractivity contribution in [3.05, 3.63) is 23.8 Å². The molecule has 116 valence electrons. The Kier molecular flexibility index (Phi) is 2.99. The number of amides is 2. The van der Waals surface area contributed by atoms with Gasteiger partial charge in [0, 0.05) is 26.2 Å². The fourth-order valence-corrected chi connectivity index (χ4v) is 3.28. The smallest absolute Gasteiger partial charge is 0.233 e. The summed E-state index contributed by atoms with van der Waals surface area (Å²) in [6.07, 6.45) is 2.60. The third-order valence-corrected chi connectivity index (χ3v) is 4.84. The molecule has 4 rings (SSSR count). The van der Waals surface area contributed by atoms with E-state index in [0.29, 0.717) is 26.2 Å². The molecule has 0 N–H and O–H groups in total. The molecule has 2 amide bonds. The van der Waals surface area contributed by atoms with Crippen molar-refractivity contribution in [2.45, 2.75) is 18.3 Å². The van der Waals surface area contributed by atoms with Crippen LogP contribution in [0.1, 0.15) is 18.4 Å². The number of fused-ring (bicyclic) bond motifs is 1. The summed E-state index contributed by atoms with van der Waals surface area (Å²) in [5.74, 6) is 1.64. The molecule has 1 saturated heterocycles. The summed E-state index contributed by atoms with van der Waals surface area (Å²) in [4.78, 5) is 27.3. The molecule has 6 nitrogen and oxygen atoms in total. The van der Waals surface area contributed by atoms with Crippen molar-refractivity contribution in [1.82, 2.24) is 9.80 Å². The topological polar surface area (TPSA) is 59.1 Å². The van der Waals surface area contributed by atoms with Gasteiger partial charge in [-0.1, -0.05) is 6.07 Å². The molecule has 1 aromatic rings. The summed E-state index contributed by atoms with van der Waals surface area (Å²) in [7, 11) is 0. The van der Waals surface area contributed by atoms with E-state index in [0.717, 1.165) is 36.3 Å². The Morgan fingerprint density at radius 1 is 1.09 bits per heavy atom. The van der Waals surface area contributed by atoms with Crippen LogP contribution in [0.25, 0.3) is 0 Å². The van der Waals surface area contributed by atoms with Gasteiger partial charge in [-0.2, -0.15) is 0 Å². The summed E-state index contributed by atoms with van der Waals surface area (Å²) in [6, 6.07) is 5.80. The van der Waals surface area contributed by atoms with Crippen LogP contribution in [0.15, 0.2) is 18.2 Å². The quantitative estimate of drug-likeness (QED) is 0.773. The van der Waals surface area contributed by atoms with E-state index in [2.05, 4.69) is 0 Å². The van der Waals surface area contributed by atoms with Crippen LogP contribution in [0, 0.1) is 0 Å². The standard InChI is InChI=1S/C16H18N2O4/c19-10-17-5-7-18(8-6-17)15(20)16(3-4-16)12-1-2-13-14(9-12)22-11-21-13/h1-2,9-10H,3-8,11H2. The number of benzene rings is 1. The number of carbonyl (C=O) groups is 2. The molecule has 1 saturated carbocycles. The minimum atomic E-state index is -0.398. The second kappa shape index (κ2) is 4.90. The van der Waals surface area contributed by atoms with Crippen LogP contribution in [-0.2, 0) is 15.0 Å². The van der Waals surface area contributed by atoms with E-state index in [9.17, 15) is 9.59 Å². The molecule has 22 heavy (non-hydrogen) atoms. The first-order valence-electron chi connectivity index (χ1n) is 7.62. The number of ether oxygens (including phenoxy) is 2. The Morgan fingerprint density at radius 2 is 1.82 bits per heavy atom. The van der Waals surface area contributed by atoms with Crippen molar-refractivity contribution in [1.29, 1.82) is 0 Å². The highest BCUT2D eigenvalue weighted by Crippen LogP contribution is 2.51. The molecule has 0 radical (unpaired) electrons. The lowest BCUT2D eigenvalue weighted by Gasteiger charge is -2.35. The molecule has 2 aliphatic heterocycles. The van der Waals surface area contributed by atoms with Gasteiger partial charge in [-0.05, 0) is 30.5 Å². The van der Waals surface area contributed by atoms with Gasteiger partial charge >= 0.3 is 0 Å². The van der Waals surface area contributed by atoms with Crippen LogP contribution in [0.3, 0.4) is 0 Å². The molecule has 0 bridgehead atoms. The van der Waals surface area contributed by atoms with Crippen LogP contribution >= 0.6 is 0 Å². The highest BCUT2D eigenvalue weighted by Gasteiger charge is 2.53. The SMILES string of the molecule is O=CN1CCN(C(=O)C2(c3ccc4c(c3)OCO4)CC2)CC1. The molecular formula is C16H18N2O4.